The van der Waals surface area contributed by atoms with Gasteiger partial charge in [0.2, 0.25) is 0 Å². The minimum absolute atomic E-state index is 0.142. The lowest BCUT2D eigenvalue weighted by Gasteiger charge is -2.05. The lowest BCUT2D eigenvalue weighted by Crippen LogP contribution is -2.33. The van der Waals surface area contributed by atoms with E-state index in [1.807, 2.05) is 41.9 Å². The zero-order chi connectivity index (χ0) is 18.3. The van der Waals surface area contributed by atoms with Gasteiger partial charge in [-0.15, -0.1) is 4.68 Å². The van der Waals surface area contributed by atoms with Gasteiger partial charge in [0, 0.05) is 5.56 Å². The third-order valence-electron chi connectivity index (χ3n) is 4.33. The van der Waals surface area contributed by atoms with E-state index in [-0.39, 0.29) is 17.2 Å². The highest BCUT2D eigenvalue weighted by molar-refractivity contribution is 5.98. The monoisotopic (exact) mass is 344 g/mol. The Balaban J connectivity index is 2.12. The van der Waals surface area contributed by atoms with E-state index in [2.05, 4.69) is 16.2 Å². The summed E-state index contributed by atoms with van der Waals surface area (Å²) < 4.78 is 15.2. The minimum atomic E-state index is -0.337. The lowest BCUT2D eigenvalue weighted by atomic mass is 9.97. The second-order valence-electron chi connectivity index (χ2n) is 5.97. The van der Waals surface area contributed by atoms with Crippen LogP contribution in [-0.4, -0.2) is 10.1 Å². The molecule has 2 aromatic carbocycles. The van der Waals surface area contributed by atoms with E-state index < -0.39 is 0 Å². The highest BCUT2D eigenvalue weighted by atomic mass is 19.1. The van der Waals surface area contributed by atoms with Gasteiger partial charge in [0.15, 0.2) is 5.69 Å². The van der Waals surface area contributed by atoms with Crippen LogP contribution in [0.15, 0.2) is 54.6 Å². The molecule has 0 aliphatic heterocycles. The number of nitrogens with one attached hydrogen (secondary N) is 1. The first-order valence-electron chi connectivity index (χ1n) is 8.05. The molecular weight excluding hydrogens is 329 g/mol. The number of aromatic amines is 1. The van der Waals surface area contributed by atoms with Crippen LogP contribution in [0.5, 0.6) is 0 Å². The smallest absolute Gasteiger partial charge is 0.359 e. The summed E-state index contributed by atoms with van der Waals surface area (Å²) in [4.78, 5) is 4.46. The SMILES string of the molecule is Cc1[nH][n+](-c2ccccc2)c2nc(N)c(C#N)c(-c3ccc(F)cc3)c12. The molecule has 4 aromatic rings. The summed E-state index contributed by atoms with van der Waals surface area (Å²) in [5.74, 6) is -0.196. The summed E-state index contributed by atoms with van der Waals surface area (Å²) in [6, 6.07) is 17.8. The number of nitriles is 1. The number of nitrogens with zero attached hydrogens (tertiary/aromatic N) is 3. The molecule has 0 saturated carbocycles. The van der Waals surface area contributed by atoms with Crippen molar-refractivity contribution in [1.82, 2.24) is 10.1 Å². The van der Waals surface area contributed by atoms with Gasteiger partial charge in [0.1, 0.15) is 22.8 Å². The molecule has 0 fully saturated rings. The summed E-state index contributed by atoms with van der Waals surface area (Å²) in [6.07, 6.45) is 0. The number of aryl methyl sites for hydroxylation is 1. The van der Waals surface area contributed by atoms with Gasteiger partial charge in [-0.2, -0.15) is 5.26 Å². The van der Waals surface area contributed by atoms with Crippen LogP contribution in [0, 0.1) is 24.1 Å². The number of pyridine rings is 1. The number of halogens is 1. The van der Waals surface area contributed by atoms with E-state index >= 15 is 0 Å². The largest absolute Gasteiger partial charge is 0.362 e. The van der Waals surface area contributed by atoms with Crippen LogP contribution in [0.4, 0.5) is 10.2 Å². The van der Waals surface area contributed by atoms with Gasteiger partial charge in [-0.1, -0.05) is 30.3 Å². The lowest BCUT2D eigenvalue weighted by molar-refractivity contribution is -0.632. The van der Waals surface area contributed by atoms with E-state index in [4.69, 9.17) is 5.73 Å². The highest BCUT2D eigenvalue weighted by Crippen LogP contribution is 2.34. The molecule has 6 heteroatoms. The standard InChI is InChI=1S/C20H14FN5/c1-12-17-18(13-7-9-14(21)10-8-13)16(11-22)19(23)24-20(17)26(25-12)15-5-3-2-4-6-15/h2-10H,1H3,(H2,23,24,25)/p+1. The van der Waals surface area contributed by atoms with Crippen molar-refractivity contribution in [3.63, 3.8) is 0 Å². The fraction of sp³-hybridized carbons (Fsp3) is 0.0500. The molecule has 0 amide bonds. The second kappa shape index (κ2) is 5.97. The Morgan fingerprint density at radius 3 is 2.46 bits per heavy atom. The highest BCUT2D eigenvalue weighted by Gasteiger charge is 2.27. The predicted molar refractivity (Wildman–Crippen MR) is 96.9 cm³/mol. The molecule has 0 unspecified atom stereocenters. The van der Waals surface area contributed by atoms with Crippen LogP contribution in [-0.2, 0) is 0 Å². The Morgan fingerprint density at radius 1 is 1.12 bits per heavy atom. The zero-order valence-electron chi connectivity index (χ0n) is 14.0. The van der Waals surface area contributed by atoms with E-state index in [9.17, 15) is 9.65 Å². The number of nitrogen functional groups attached to an aromatic ring is 1. The molecule has 0 saturated heterocycles. The third-order valence-corrected chi connectivity index (χ3v) is 4.33. The van der Waals surface area contributed by atoms with Crippen molar-refractivity contribution in [2.75, 3.05) is 5.73 Å². The van der Waals surface area contributed by atoms with Gasteiger partial charge in [-0.05, 0) is 41.7 Å². The zero-order valence-corrected chi connectivity index (χ0v) is 14.0. The minimum Gasteiger partial charge on any atom is -0.362 e. The number of fused-ring (bicyclic) bond motifs is 1. The van der Waals surface area contributed by atoms with Crippen molar-refractivity contribution in [3.8, 4) is 22.9 Å². The molecule has 0 bridgehead atoms. The number of anilines is 1. The summed E-state index contributed by atoms with van der Waals surface area (Å²) >= 11 is 0. The summed E-state index contributed by atoms with van der Waals surface area (Å²) in [5, 5.41) is 13.7. The molecule has 0 spiro atoms. The average Bonchev–Trinajstić information content (AvgIpc) is 2.98. The maximum atomic E-state index is 13.4. The maximum Gasteiger partial charge on any atom is 0.359 e. The molecule has 0 atom stereocenters. The van der Waals surface area contributed by atoms with Crippen molar-refractivity contribution in [3.05, 3.63) is 71.7 Å². The first kappa shape index (κ1) is 15.8. The quantitative estimate of drug-likeness (QED) is 0.547. The van der Waals surface area contributed by atoms with Gasteiger partial charge < -0.3 is 5.73 Å². The van der Waals surface area contributed by atoms with Crippen LogP contribution < -0.4 is 10.4 Å². The molecule has 3 N–H and O–H groups in total. The number of nitrogens with two attached hydrogens (primary N) is 1. The number of para-hydroxylation sites is 1. The Hall–Kier alpha value is -3.72. The molecule has 126 valence electrons. The first-order valence-corrected chi connectivity index (χ1v) is 8.05. The van der Waals surface area contributed by atoms with Crippen LogP contribution in [0.1, 0.15) is 11.3 Å². The molecular formula is C20H15FN5+. The Bertz CT molecular complexity index is 1160. The summed E-state index contributed by atoms with van der Waals surface area (Å²) in [6.45, 7) is 1.91. The fourth-order valence-electron chi connectivity index (χ4n) is 3.17. The van der Waals surface area contributed by atoms with Crippen molar-refractivity contribution in [2.24, 2.45) is 0 Å². The molecule has 0 radical (unpaired) electrons. The van der Waals surface area contributed by atoms with E-state index in [1.165, 1.54) is 12.1 Å². The summed E-state index contributed by atoms with van der Waals surface area (Å²) in [7, 11) is 0. The number of hydrogen-bond donors (Lipinski definition) is 2. The van der Waals surface area contributed by atoms with Crippen molar-refractivity contribution < 1.29 is 9.07 Å². The van der Waals surface area contributed by atoms with Gasteiger partial charge in [-0.25, -0.2) is 9.49 Å². The van der Waals surface area contributed by atoms with Crippen LogP contribution >= 0.6 is 0 Å². The van der Waals surface area contributed by atoms with E-state index in [0.29, 0.717) is 16.8 Å². The maximum absolute atomic E-state index is 13.4. The molecule has 26 heavy (non-hydrogen) atoms. The molecule has 2 aromatic heterocycles. The first-order chi connectivity index (χ1) is 12.6. The number of H-pyrrole nitrogens is 1. The molecule has 0 aliphatic carbocycles. The topological polar surface area (TPSA) is 82.4 Å². The third kappa shape index (κ3) is 2.38. The van der Waals surface area contributed by atoms with Crippen molar-refractivity contribution in [2.45, 2.75) is 6.92 Å². The number of rotatable bonds is 2. The van der Waals surface area contributed by atoms with Gasteiger partial charge in [0.25, 0.3) is 5.82 Å². The Kier molecular flexibility index (Phi) is 3.63. The van der Waals surface area contributed by atoms with Gasteiger partial charge in [-0.3, -0.25) is 0 Å². The van der Waals surface area contributed by atoms with E-state index in [1.54, 1.807) is 12.1 Å². The van der Waals surface area contributed by atoms with E-state index in [0.717, 1.165) is 16.8 Å². The molecule has 5 nitrogen and oxygen atoms in total. The normalized spacial score (nSPS) is 10.8. The summed E-state index contributed by atoms with van der Waals surface area (Å²) in [5.41, 5.74) is 10.1. The van der Waals surface area contributed by atoms with Crippen molar-refractivity contribution >= 4 is 16.9 Å². The van der Waals surface area contributed by atoms with Gasteiger partial charge in [0.05, 0.1) is 5.69 Å². The predicted octanol–water partition coefficient (Wildman–Crippen LogP) is 3.41. The fourth-order valence-corrected chi connectivity index (χ4v) is 3.17. The second-order valence-corrected chi connectivity index (χ2v) is 5.97. The average molecular weight is 344 g/mol. The Morgan fingerprint density at radius 2 is 1.81 bits per heavy atom. The molecule has 4 rings (SSSR count). The Labute approximate surface area is 149 Å². The van der Waals surface area contributed by atoms with Crippen molar-refractivity contribution in [1.29, 1.82) is 5.26 Å². The van der Waals surface area contributed by atoms with Crippen LogP contribution in [0.25, 0.3) is 27.8 Å². The van der Waals surface area contributed by atoms with Crippen LogP contribution in [0.2, 0.25) is 0 Å². The number of aromatic nitrogens is 3. The molecule has 0 aliphatic rings. The number of benzene rings is 2. The van der Waals surface area contributed by atoms with Crippen LogP contribution in [0.3, 0.4) is 0 Å². The number of hydrogen-bond acceptors (Lipinski definition) is 3. The van der Waals surface area contributed by atoms with Gasteiger partial charge >= 0.3 is 5.65 Å². The molecule has 2 heterocycles.